The second kappa shape index (κ2) is 5.18. The number of rotatable bonds is 2. The lowest BCUT2D eigenvalue weighted by Crippen LogP contribution is -2.32. The number of hydrogen-bond acceptors (Lipinski definition) is 3. The van der Waals surface area contributed by atoms with Crippen LogP contribution in [0.2, 0.25) is 5.15 Å². The minimum absolute atomic E-state index is 0.00294. The maximum Gasteiger partial charge on any atom is 0.272 e. The van der Waals surface area contributed by atoms with Gasteiger partial charge >= 0.3 is 0 Å². The Morgan fingerprint density at radius 3 is 2.71 bits per heavy atom. The van der Waals surface area contributed by atoms with Crippen LogP contribution in [0.3, 0.4) is 0 Å². The van der Waals surface area contributed by atoms with Gasteiger partial charge in [0.2, 0.25) is 0 Å². The fourth-order valence-electron chi connectivity index (χ4n) is 3.07. The summed E-state index contributed by atoms with van der Waals surface area (Å²) in [5.41, 5.74) is 2.45. The lowest BCUT2D eigenvalue weighted by Gasteiger charge is -2.25. The van der Waals surface area contributed by atoms with Crippen LogP contribution in [0.25, 0.3) is 0 Å². The number of nitrogens with zero attached hydrogens (tertiary/aromatic N) is 5. The number of likely N-dealkylation sites (tertiary alicyclic amines) is 1. The van der Waals surface area contributed by atoms with Gasteiger partial charge in [-0.3, -0.25) is 14.2 Å². The van der Waals surface area contributed by atoms with E-state index in [-0.39, 0.29) is 11.9 Å². The Morgan fingerprint density at radius 1 is 1.38 bits per heavy atom. The van der Waals surface area contributed by atoms with Gasteiger partial charge in [0.1, 0.15) is 10.8 Å². The summed E-state index contributed by atoms with van der Waals surface area (Å²) in [6.07, 6.45) is 3.52. The highest BCUT2D eigenvalue weighted by Crippen LogP contribution is 2.38. The first-order chi connectivity index (χ1) is 10.0. The van der Waals surface area contributed by atoms with Crippen molar-refractivity contribution in [2.45, 2.75) is 25.8 Å². The third kappa shape index (κ3) is 2.23. The Bertz CT molecular complexity index is 690. The minimum Gasteiger partial charge on any atom is -0.330 e. The first kappa shape index (κ1) is 14.1. The van der Waals surface area contributed by atoms with Crippen LogP contribution in [-0.2, 0) is 14.1 Å². The molecule has 1 saturated heterocycles. The van der Waals surface area contributed by atoms with Crippen LogP contribution in [0.5, 0.6) is 0 Å². The largest absolute Gasteiger partial charge is 0.330 e. The molecule has 0 aliphatic carbocycles. The van der Waals surface area contributed by atoms with E-state index in [1.807, 2.05) is 18.9 Å². The van der Waals surface area contributed by atoms with E-state index in [2.05, 4.69) is 10.2 Å². The van der Waals surface area contributed by atoms with E-state index in [4.69, 9.17) is 11.6 Å². The van der Waals surface area contributed by atoms with Gasteiger partial charge in [0.15, 0.2) is 0 Å². The van der Waals surface area contributed by atoms with Crippen molar-refractivity contribution in [2.24, 2.45) is 14.1 Å². The summed E-state index contributed by atoms with van der Waals surface area (Å²) in [6, 6.07) is 1.74. The molecule has 7 heteroatoms. The Balaban J connectivity index is 1.96. The van der Waals surface area contributed by atoms with Gasteiger partial charge in [0, 0.05) is 32.4 Å². The number of amides is 1. The van der Waals surface area contributed by atoms with E-state index in [0.717, 1.165) is 30.6 Å². The maximum absolute atomic E-state index is 12.7. The molecule has 112 valence electrons. The molecule has 2 aromatic heterocycles. The van der Waals surface area contributed by atoms with Crippen molar-refractivity contribution < 1.29 is 4.79 Å². The number of hydrogen-bond donors (Lipinski definition) is 0. The Kier molecular flexibility index (Phi) is 3.49. The normalized spacial score (nSPS) is 18.5. The van der Waals surface area contributed by atoms with Crippen LogP contribution in [0.15, 0.2) is 12.3 Å². The second-order valence-corrected chi connectivity index (χ2v) is 5.77. The van der Waals surface area contributed by atoms with Gasteiger partial charge in [-0.15, -0.1) is 0 Å². The molecule has 0 unspecified atom stereocenters. The zero-order valence-electron chi connectivity index (χ0n) is 12.4. The lowest BCUT2D eigenvalue weighted by atomic mass is 10.1. The lowest BCUT2D eigenvalue weighted by molar-refractivity contribution is 0.0724. The second-order valence-electron chi connectivity index (χ2n) is 5.41. The summed E-state index contributed by atoms with van der Waals surface area (Å²) >= 11 is 6.37. The first-order valence-electron chi connectivity index (χ1n) is 6.98. The van der Waals surface area contributed by atoms with Gasteiger partial charge in [-0.2, -0.15) is 10.2 Å². The molecule has 0 saturated carbocycles. The molecule has 2 aromatic rings. The van der Waals surface area contributed by atoms with E-state index in [0.29, 0.717) is 10.8 Å². The highest BCUT2D eigenvalue weighted by molar-refractivity contribution is 6.30. The van der Waals surface area contributed by atoms with Crippen molar-refractivity contribution >= 4 is 17.5 Å². The van der Waals surface area contributed by atoms with Crippen molar-refractivity contribution in [3.05, 3.63) is 34.4 Å². The average molecular weight is 308 g/mol. The predicted octanol–water partition coefficient (Wildman–Crippen LogP) is 2.09. The average Bonchev–Trinajstić information content (AvgIpc) is 3.11. The van der Waals surface area contributed by atoms with E-state index in [1.54, 1.807) is 28.7 Å². The summed E-state index contributed by atoms with van der Waals surface area (Å²) in [4.78, 5) is 14.6. The topological polar surface area (TPSA) is 56.0 Å². The van der Waals surface area contributed by atoms with Gasteiger partial charge in [-0.05, 0) is 25.8 Å². The molecule has 3 rings (SSSR count). The zero-order valence-corrected chi connectivity index (χ0v) is 13.1. The van der Waals surface area contributed by atoms with E-state index in [9.17, 15) is 4.79 Å². The van der Waals surface area contributed by atoms with Crippen LogP contribution in [0.4, 0.5) is 0 Å². The molecule has 0 bridgehead atoms. The van der Waals surface area contributed by atoms with Crippen molar-refractivity contribution in [1.29, 1.82) is 0 Å². The third-order valence-corrected chi connectivity index (χ3v) is 4.53. The van der Waals surface area contributed by atoms with Crippen LogP contribution in [-0.4, -0.2) is 36.9 Å². The van der Waals surface area contributed by atoms with Crippen molar-refractivity contribution in [2.75, 3.05) is 6.54 Å². The number of halogens is 1. The van der Waals surface area contributed by atoms with Gasteiger partial charge < -0.3 is 4.90 Å². The summed E-state index contributed by atoms with van der Waals surface area (Å²) < 4.78 is 3.27. The molecular formula is C14H18ClN5O. The van der Waals surface area contributed by atoms with Crippen LogP contribution in [0, 0.1) is 6.92 Å². The van der Waals surface area contributed by atoms with E-state index in [1.165, 1.54) is 0 Å². The number of aromatic nitrogens is 4. The fourth-order valence-corrected chi connectivity index (χ4v) is 3.37. The first-order valence-corrected chi connectivity index (χ1v) is 7.36. The molecule has 1 aliphatic heterocycles. The monoisotopic (exact) mass is 307 g/mol. The van der Waals surface area contributed by atoms with Crippen LogP contribution >= 0.6 is 11.6 Å². The standard InChI is InChI=1S/C14H18ClN5O/c1-9-12(13(15)19(3)17-9)10-5-4-8-20(10)14(21)11-6-7-16-18(11)2/h6-7,10H,4-5,8H2,1-3H3/t10-/m1/s1. The van der Waals surface area contributed by atoms with Gasteiger partial charge in [0.05, 0.1) is 11.7 Å². The van der Waals surface area contributed by atoms with Gasteiger partial charge in [-0.1, -0.05) is 11.6 Å². The number of carbonyl (C=O) groups excluding carboxylic acids is 1. The predicted molar refractivity (Wildman–Crippen MR) is 79.2 cm³/mol. The quantitative estimate of drug-likeness (QED) is 0.853. The van der Waals surface area contributed by atoms with Crippen molar-refractivity contribution in [3.8, 4) is 0 Å². The highest BCUT2D eigenvalue weighted by Gasteiger charge is 2.35. The van der Waals surface area contributed by atoms with Crippen LogP contribution < -0.4 is 0 Å². The van der Waals surface area contributed by atoms with Crippen molar-refractivity contribution in [1.82, 2.24) is 24.5 Å². The molecule has 1 aliphatic rings. The molecule has 3 heterocycles. The van der Waals surface area contributed by atoms with E-state index >= 15 is 0 Å². The molecule has 0 aromatic carbocycles. The third-order valence-electron chi connectivity index (χ3n) is 4.08. The van der Waals surface area contributed by atoms with Gasteiger partial charge in [-0.25, -0.2) is 0 Å². The van der Waals surface area contributed by atoms with Crippen LogP contribution in [0.1, 0.15) is 40.6 Å². The summed E-state index contributed by atoms with van der Waals surface area (Å²) in [5.74, 6) is -0.00294. The Labute approximate surface area is 128 Å². The molecule has 0 radical (unpaired) electrons. The molecule has 0 N–H and O–H groups in total. The molecule has 1 atom stereocenters. The van der Waals surface area contributed by atoms with Gasteiger partial charge in [0.25, 0.3) is 5.91 Å². The van der Waals surface area contributed by atoms with E-state index < -0.39 is 0 Å². The van der Waals surface area contributed by atoms with Crippen molar-refractivity contribution in [3.63, 3.8) is 0 Å². The molecule has 1 fully saturated rings. The summed E-state index contributed by atoms with van der Waals surface area (Å²) in [6.45, 7) is 2.67. The Morgan fingerprint density at radius 2 is 2.14 bits per heavy atom. The SMILES string of the molecule is Cc1nn(C)c(Cl)c1[C@H]1CCCN1C(=O)c1ccnn1C. The minimum atomic E-state index is -0.00593. The molecule has 6 nitrogen and oxygen atoms in total. The molecule has 0 spiro atoms. The maximum atomic E-state index is 12.7. The molecular weight excluding hydrogens is 290 g/mol. The number of aryl methyl sites for hydroxylation is 3. The summed E-state index contributed by atoms with van der Waals surface area (Å²) in [7, 11) is 3.60. The highest BCUT2D eigenvalue weighted by atomic mass is 35.5. The zero-order chi connectivity index (χ0) is 15.1. The fraction of sp³-hybridized carbons (Fsp3) is 0.500. The summed E-state index contributed by atoms with van der Waals surface area (Å²) in [5, 5.41) is 9.04. The smallest absolute Gasteiger partial charge is 0.272 e. The molecule has 1 amide bonds. The Hall–Kier alpha value is -1.82. The number of carbonyl (C=O) groups is 1. The molecule has 21 heavy (non-hydrogen) atoms.